The van der Waals surface area contributed by atoms with Gasteiger partial charge in [0.1, 0.15) is 11.6 Å². The lowest BCUT2D eigenvalue weighted by molar-refractivity contribution is -0.274. The molecule has 0 saturated carbocycles. The maximum Gasteiger partial charge on any atom is 0.573 e. The number of anilines is 2. The molecular weight excluding hydrogens is 527 g/mol. The van der Waals surface area contributed by atoms with Crippen molar-refractivity contribution in [2.45, 2.75) is 25.6 Å². The molecule has 1 aromatic heterocycles. The number of hydrogen-bond donors (Lipinski definition) is 3. The number of morpholine rings is 1. The number of rotatable bonds is 8. The summed E-state index contributed by atoms with van der Waals surface area (Å²) in [5.74, 6) is -2.70. The Bertz CT molecular complexity index is 1280. The number of amides is 1. The molecule has 2 heterocycles. The maximum absolute atomic E-state index is 13.5. The molecule has 0 bridgehead atoms. The minimum absolute atomic E-state index is 0.169. The number of benzene rings is 2. The summed E-state index contributed by atoms with van der Waals surface area (Å²) >= 11 is 0. The summed E-state index contributed by atoms with van der Waals surface area (Å²) in [5, 5.41) is 15.8. The molecule has 0 spiro atoms. The number of carbonyl (C=O) groups is 1. The van der Waals surface area contributed by atoms with Crippen LogP contribution in [0.25, 0.3) is 11.3 Å². The predicted molar refractivity (Wildman–Crippen MR) is 132 cm³/mol. The number of nitrogens with zero attached hydrogens (tertiary/aromatic N) is 2. The van der Waals surface area contributed by atoms with Crippen molar-refractivity contribution in [1.29, 1.82) is 0 Å². The van der Waals surface area contributed by atoms with Gasteiger partial charge < -0.3 is 25.2 Å². The Kier molecular flexibility index (Phi) is 8.63. The average molecular weight is 552 g/mol. The van der Waals surface area contributed by atoms with Crippen molar-refractivity contribution in [2.24, 2.45) is 0 Å². The highest BCUT2D eigenvalue weighted by atomic mass is 19.4. The Labute approximate surface area is 220 Å². The molecule has 2 unspecified atom stereocenters. The van der Waals surface area contributed by atoms with Gasteiger partial charge in [-0.25, -0.2) is 8.78 Å². The lowest BCUT2D eigenvalue weighted by Gasteiger charge is -2.31. The van der Waals surface area contributed by atoms with Crippen LogP contribution < -0.4 is 15.4 Å². The van der Waals surface area contributed by atoms with Gasteiger partial charge in [0.05, 0.1) is 30.6 Å². The van der Waals surface area contributed by atoms with Crippen molar-refractivity contribution in [3.8, 4) is 17.0 Å². The summed E-state index contributed by atoms with van der Waals surface area (Å²) in [7, 11) is 0. The zero-order valence-electron chi connectivity index (χ0n) is 20.6. The number of aliphatic hydroxyl groups excluding tert-OH is 1. The Morgan fingerprint density at radius 3 is 2.38 bits per heavy atom. The van der Waals surface area contributed by atoms with E-state index in [0.29, 0.717) is 26.3 Å². The van der Waals surface area contributed by atoms with E-state index < -0.39 is 41.9 Å². The van der Waals surface area contributed by atoms with Crippen LogP contribution in [0, 0.1) is 11.6 Å². The highest BCUT2D eigenvalue weighted by Crippen LogP contribution is 2.34. The van der Waals surface area contributed by atoms with E-state index in [2.05, 4.69) is 20.4 Å². The van der Waals surface area contributed by atoms with E-state index >= 15 is 0 Å². The highest BCUT2D eigenvalue weighted by molar-refractivity contribution is 5.96. The lowest BCUT2D eigenvalue weighted by atomic mass is 10.1. The van der Waals surface area contributed by atoms with Gasteiger partial charge in [-0.1, -0.05) is 6.07 Å². The minimum Gasteiger partial charge on any atom is -0.404 e. The smallest absolute Gasteiger partial charge is 0.404 e. The Hall–Kier alpha value is -3.81. The van der Waals surface area contributed by atoms with Gasteiger partial charge in [-0.2, -0.15) is 0 Å². The number of ether oxygens (including phenoxy) is 2. The van der Waals surface area contributed by atoms with Crippen LogP contribution >= 0.6 is 0 Å². The van der Waals surface area contributed by atoms with Crippen LogP contribution in [0.1, 0.15) is 18.7 Å². The van der Waals surface area contributed by atoms with Gasteiger partial charge in [0, 0.05) is 42.2 Å². The molecule has 2 aromatic carbocycles. The number of hydrogen-bond acceptors (Lipinski definition) is 7. The van der Waals surface area contributed by atoms with Gasteiger partial charge in [-0.15, -0.1) is 13.2 Å². The molecule has 8 nitrogen and oxygen atoms in total. The fourth-order valence-corrected chi connectivity index (χ4v) is 3.98. The largest absolute Gasteiger partial charge is 0.573 e. The van der Waals surface area contributed by atoms with Crippen molar-refractivity contribution >= 4 is 17.3 Å². The summed E-state index contributed by atoms with van der Waals surface area (Å²) in [6.45, 7) is 3.49. The van der Waals surface area contributed by atoms with Crippen molar-refractivity contribution < 1.29 is 41.3 Å². The van der Waals surface area contributed by atoms with E-state index in [0.717, 1.165) is 24.3 Å². The topological polar surface area (TPSA) is 96.0 Å². The van der Waals surface area contributed by atoms with Crippen LogP contribution in [-0.4, -0.2) is 59.6 Å². The Balaban J connectivity index is 1.50. The summed E-state index contributed by atoms with van der Waals surface area (Å²) < 4.78 is 75.3. The fourth-order valence-electron chi connectivity index (χ4n) is 3.98. The quantitative estimate of drug-likeness (QED) is 0.276. The molecule has 13 heteroatoms. The average Bonchev–Trinajstić information content (AvgIpc) is 2.89. The monoisotopic (exact) mass is 552 g/mol. The van der Waals surface area contributed by atoms with E-state index in [1.54, 1.807) is 6.92 Å². The normalized spacial score (nSPS) is 15.9. The molecule has 0 radical (unpaired) electrons. The van der Waals surface area contributed by atoms with Crippen LogP contribution in [0.2, 0.25) is 0 Å². The first-order chi connectivity index (χ1) is 18.5. The molecule has 4 rings (SSSR count). The third-order valence-electron chi connectivity index (χ3n) is 6.00. The van der Waals surface area contributed by atoms with Gasteiger partial charge in [0.2, 0.25) is 5.91 Å². The van der Waals surface area contributed by atoms with E-state index in [9.17, 15) is 31.9 Å². The highest BCUT2D eigenvalue weighted by Gasteiger charge is 2.33. The molecule has 1 aliphatic heterocycles. The number of pyridine rings is 1. The fraction of sp³-hybridized carbons (Fsp3) is 0.308. The second-order valence-corrected chi connectivity index (χ2v) is 8.75. The van der Waals surface area contributed by atoms with Crippen LogP contribution in [0.3, 0.4) is 0 Å². The van der Waals surface area contributed by atoms with Gasteiger partial charge in [-0.05, 0) is 43.3 Å². The van der Waals surface area contributed by atoms with Gasteiger partial charge in [0.25, 0.3) is 0 Å². The molecule has 3 N–H and O–H groups in total. The van der Waals surface area contributed by atoms with Gasteiger partial charge >= 0.3 is 6.36 Å². The van der Waals surface area contributed by atoms with E-state index in [-0.39, 0.29) is 28.2 Å². The summed E-state index contributed by atoms with van der Waals surface area (Å²) in [6, 6.07) is 8.68. The second-order valence-electron chi connectivity index (χ2n) is 8.75. The summed E-state index contributed by atoms with van der Waals surface area (Å²) in [6.07, 6.45) is -5.08. The number of aliphatic hydroxyl groups is 1. The first kappa shape index (κ1) is 28.2. The van der Waals surface area contributed by atoms with Crippen molar-refractivity contribution in [3.05, 3.63) is 71.9 Å². The van der Waals surface area contributed by atoms with Crippen LogP contribution in [0.15, 0.2) is 54.7 Å². The third-order valence-corrected chi connectivity index (χ3v) is 6.00. The number of nitrogens with one attached hydrogen (secondary N) is 2. The lowest BCUT2D eigenvalue weighted by Crippen LogP contribution is -2.47. The molecule has 3 aromatic rings. The summed E-state index contributed by atoms with van der Waals surface area (Å²) in [4.78, 5) is 18.8. The number of halogens is 5. The number of carbonyl (C=O) groups excluding carboxylic acids is 1. The van der Waals surface area contributed by atoms with E-state index in [1.807, 2.05) is 4.90 Å². The zero-order valence-corrected chi connectivity index (χ0v) is 20.6. The van der Waals surface area contributed by atoms with Crippen LogP contribution in [-0.2, 0) is 9.53 Å². The van der Waals surface area contributed by atoms with Crippen molar-refractivity contribution in [1.82, 2.24) is 9.88 Å². The van der Waals surface area contributed by atoms with Gasteiger partial charge in [0.15, 0.2) is 12.0 Å². The molecule has 0 aliphatic carbocycles. The molecule has 39 heavy (non-hydrogen) atoms. The molecule has 1 amide bonds. The second kappa shape index (κ2) is 11.9. The third kappa shape index (κ3) is 7.62. The predicted octanol–water partition coefficient (Wildman–Crippen LogP) is 4.69. The van der Waals surface area contributed by atoms with Crippen LogP contribution in [0.5, 0.6) is 5.75 Å². The molecule has 1 saturated heterocycles. The Morgan fingerprint density at radius 2 is 1.77 bits per heavy atom. The minimum atomic E-state index is -5.00. The maximum atomic E-state index is 13.5. The number of alkyl halides is 3. The van der Waals surface area contributed by atoms with E-state index in [4.69, 9.17) is 4.74 Å². The van der Waals surface area contributed by atoms with Gasteiger partial charge in [-0.3, -0.25) is 14.7 Å². The zero-order chi connectivity index (χ0) is 28.2. The molecule has 2 atom stereocenters. The van der Waals surface area contributed by atoms with Crippen LogP contribution in [0.4, 0.5) is 33.3 Å². The molecule has 1 fully saturated rings. The standard InChI is InChI=1S/C26H25F5N4O4/c1-15(35-6-8-38-9-7-35)24(36)34-22-13-20(3-5-23(22)39-26(29,30)31)33-25(37)16-2-4-21(32-14-16)17-10-18(27)12-19(28)11-17/h2-5,10-15,25,33,37H,6-9H2,1H3,(H,34,36). The molecular formula is C26H25F5N4O4. The molecule has 1 aliphatic rings. The van der Waals surface area contributed by atoms with Crippen molar-refractivity contribution in [3.63, 3.8) is 0 Å². The first-order valence-corrected chi connectivity index (χ1v) is 11.9. The number of aromatic nitrogens is 1. The van der Waals surface area contributed by atoms with E-state index in [1.165, 1.54) is 30.5 Å². The summed E-state index contributed by atoms with van der Waals surface area (Å²) in [5.41, 5.74) is 0.641. The first-order valence-electron chi connectivity index (χ1n) is 11.9. The SMILES string of the molecule is CC(C(=O)Nc1cc(NC(O)c2ccc(-c3cc(F)cc(F)c3)nc2)ccc1OC(F)(F)F)N1CCOCC1. The Morgan fingerprint density at radius 1 is 1.08 bits per heavy atom. The molecule has 208 valence electrons. The van der Waals surface area contributed by atoms with Crippen molar-refractivity contribution in [2.75, 3.05) is 36.9 Å².